The van der Waals surface area contributed by atoms with Gasteiger partial charge in [0, 0.05) is 11.9 Å². The maximum atomic E-state index is 13.4. The van der Waals surface area contributed by atoms with Crippen LogP contribution in [0.3, 0.4) is 0 Å². The second-order valence-electron chi connectivity index (χ2n) is 4.28. The SMILES string of the molecule is CC.CC1=CC(C(=O)Oc2c(F)c(F)c(F)c(F)c2F)CC=N1. The molecule has 2 rings (SSSR count). The normalized spacial score (nSPS) is 16.3. The minimum Gasteiger partial charge on any atom is -0.420 e. The summed E-state index contributed by atoms with van der Waals surface area (Å²) in [5, 5.41) is 0. The van der Waals surface area contributed by atoms with Crippen LogP contribution in [0.2, 0.25) is 0 Å². The summed E-state index contributed by atoms with van der Waals surface area (Å²) >= 11 is 0. The largest absolute Gasteiger partial charge is 0.420 e. The number of allylic oxidation sites excluding steroid dienone is 1. The fraction of sp³-hybridized carbons (Fsp3) is 0.333. The lowest BCUT2D eigenvalue weighted by atomic mass is 10.0. The van der Waals surface area contributed by atoms with Crippen LogP contribution < -0.4 is 4.74 Å². The Bertz CT molecular complexity index is 641. The first-order valence-electron chi connectivity index (χ1n) is 6.77. The molecule has 1 aliphatic rings. The highest BCUT2D eigenvalue weighted by atomic mass is 19.2. The monoisotopic (exact) mass is 335 g/mol. The number of aliphatic imine (C=N–C) groups is 1. The molecule has 1 heterocycles. The van der Waals surface area contributed by atoms with Crippen LogP contribution >= 0.6 is 0 Å². The summed E-state index contributed by atoms with van der Waals surface area (Å²) in [7, 11) is 0. The van der Waals surface area contributed by atoms with Crippen molar-refractivity contribution in [1.82, 2.24) is 0 Å². The van der Waals surface area contributed by atoms with Gasteiger partial charge in [-0.25, -0.2) is 13.2 Å². The van der Waals surface area contributed by atoms with E-state index in [1.165, 1.54) is 12.3 Å². The molecular formula is C15H14F5NO2. The number of carbonyl (C=O) groups excluding carboxylic acids is 1. The Morgan fingerprint density at radius 3 is 2.00 bits per heavy atom. The molecule has 0 saturated carbocycles. The van der Waals surface area contributed by atoms with Gasteiger partial charge in [-0.2, -0.15) is 8.78 Å². The molecule has 1 atom stereocenters. The molecule has 126 valence electrons. The predicted octanol–water partition coefficient (Wildman–Crippen LogP) is 4.31. The van der Waals surface area contributed by atoms with E-state index >= 15 is 0 Å². The predicted molar refractivity (Wildman–Crippen MR) is 73.6 cm³/mol. The standard InChI is InChI=1S/C13H8F5NO2.C2H6/c1-5-4-6(2-3-19-5)13(20)21-12-10(17)8(15)7(14)9(16)11(12)18;1-2/h3-4,6H,2H2,1H3;1-2H3. The van der Waals surface area contributed by atoms with E-state index < -0.39 is 46.7 Å². The van der Waals surface area contributed by atoms with Gasteiger partial charge in [-0.3, -0.25) is 9.79 Å². The molecule has 23 heavy (non-hydrogen) atoms. The van der Waals surface area contributed by atoms with Crippen molar-refractivity contribution in [3.05, 3.63) is 40.9 Å². The van der Waals surface area contributed by atoms with E-state index in [1.54, 1.807) is 6.92 Å². The van der Waals surface area contributed by atoms with Crippen LogP contribution in [0.15, 0.2) is 16.8 Å². The highest BCUT2D eigenvalue weighted by Gasteiger charge is 2.30. The molecule has 3 nitrogen and oxygen atoms in total. The van der Waals surface area contributed by atoms with E-state index in [0.29, 0.717) is 5.70 Å². The van der Waals surface area contributed by atoms with E-state index in [0.717, 1.165) is 0 Å². The van der Waals surface area contributed by atoms with Crippen molar-refractivity contribution in [3.63, 3.8) is 0 Å². The van der Waals surface area contributed by atoms with Crippen LogP contribution in [-0.4, -0.2) is 12.2 Å². The molecule has 1 aromatic carbocycles. The van der Waals surface area contributed by atoms with Crippen LogP contribution in [0.5, 0.6) is 5.75 Å². The molecule has 0 spiro atoms. The highest BCUT2D eigenvalue weighted by molar-refractivity contribution is 5.81. The van der Waals surface area contributed by atoms with Gasteiger partial charge in [-0.05, 0) is 19.4 Å². The quantitative estimate of drug-likeness (QED) is 0.266. The van der Waals surface area contributed by atoms with E-state index in [9.17, 15) is 26.7 Å². The zero-order chi connectivity index (χ0) is 17.7. The number of benzene rings is 1. The lowest BCUT2D eigenvalue weighted by Gasteiger charge is -2.14. The molecule has 0 aliphatic carbocycles. The van der Waals surface area contributed by atoms with E-state index in [-0.39, 0.29) is 6.42 Å². The van der Waals surface area contributed by atoms with Crippen molar-refractivity contribution < 1.29 is 31.5 Å². The minimum absolute atomic E-state index is 0.103. The molecular weight excluding hydrogens is 321 g/mol. The van der Waals surface area contributed by atoms with Gasteiger partial charge in [0.05, 0.1) is 5.92 Å². The topological polar surface area (TPSA) is 38.7 Å². The van der Waals surface area contributed by atoms with Crippen LogP contribution in [-0.2, 0) is 4.79 Å². The lowest BCUT2D eigenvalue weighted by Crippen LogP contribution is -2.22. The van der Waals surface area contributed by atoms with Crippen molar-refractivity contribution in [2.75, 3.05) is 0 Å². The number of hydrogen-bond acceptors (Lipinski definition) is 3. The summed E-state index contributed by atoms with van der Waals surface area (Å²) in [5.74, 6) is -14.7. The van der Waals surface area contributed by atoms with Crippen molar-refractivity contribution in [2.24, 2.45) is 10.9 Å². The second-order valence-corrected chi connectivity index (χ2v) is 4.28. The number of esters is 1. The number of halogens is 5. The summed E-state index contributed by atoms with van der Waals surface area (Å²) in [4.78, 5) is 15.6. The molecule has 8 heteroatoms. The van der Waals surface area contributed by atoms with E-state index in [2.05, 4.69) is 9.73 Å². The Labute approximate surface area is 129 Å². The molecule has 0 fully saturated rings. The van der Waals surface area contributed by atoms with Gasteiger partial charge in [0.2, 0.25) is 34.8 Å². The molecule has 1 aliphatic heterocycles. The van der Waals surface area contributed by atoms with Gasteiger partial charge >= 0.3 is 5.97 Å². The lowest BCUT2D eigenvalue weighted by molar-refractivity contribution is -0.137. The van der Waals surface area contributed by atoms with Crippen LogP contribution in [0.4, 0.5) is 22.0 Å². The van der Waals surface area contributed by atoms with Gasteiger partial charge in [-0.15, -0.1) is 0 Å². The molecule has 0 N–H and O–H groups in total. The van der Waals surface area contributed by atoms with Gasteiger partial charge in [0.25, 0.3) is 0 Å². The smallest absolute Gasteiger partial charge is 0.318 e. The molecule has 0 bridgehead atoms. The Balaban J connectivity index is 0.00000127. The van der Waals surface area contributed by atoms with Crippen molar-refractivity contribution >= 4 is 12.2 Å². The Morgan fingerprint density at radius 2 is 1.52 bits per heavy atom. The number of ether oxygens (including phenoxy) is 1. The third-order valence-corrected chi connectivity index (χ3v) is 2.77. The molecule has 0 radical (unpaired) electrons. The Morgan fingerprint density at radius 1 is 1.04 bits per heavy atom. The zero-order valence-electron chi connectivity index (χ0n) is 12.6. The van der Waals surface area contributed by atoms with E-state index in [1.807, 2.05) is 13.8 Å². The number of nitrogens with zero attached hydrogens (tertiary/aromatic N) is 1. The fourth-order valence-corrected chi connectivity index (χ4v) is 1.73. The average molecular weight is 335 g/mol. The van der Waals surface area contributed by atoms with Gasteiger partial charge < -0.3 is 4.74 Å². The van der Waals surface area contributed by atoms with Crippen LogP contribution in [0.25, 0.3) is 0 Å². The first-order valence-corrected chi connectivity index (χ1v) is 6.77. The van der Waals surface area contributed by atoms with Crippen LogP contribution in [0.1, 0.15) is 27.2 Å². The molecule has 0 saturated heterocycles. The molecule has 1 aromatic rings. The van der Waals surface area contributed by atoms with Gasteiger partial charge in [-0.1, -0.05) is 13.8 Å². The van der Waals surface area contributed by atoms with Gasteiger partial charge in [0.15, 0.2) is 0 Å². The maximum absolute atomic E-state index is 13.4. The summed E-state index contributed by atoms with van der Waals surface area (Å²) in [6, 6.07) is 0. The third kappa shape index (κ3) is 3.94. The Kier molecular flexibility index (Phi) is 6.41. The first kappa shape index (κ1) is 18.8. The highest BCUT2D eigenvalue weighted by Crippen LogP contribution is 2.30. The van der Waals surface area contributed by atoms with Gasteiger partial charge in [0.1, 0.15) is 0 Å². The molecule has 1 unspecified atom stereocenters. The zero-order valence-corrected chi connectivity index (χ0v) is 12.6. The van der Waals surface area contributed by atoms with E-state index in [4.69, 9.17) is 0 Å². The average Bonchev–Trinajstić information content (AvgIpc) is 2.56. The minimum atomic E-state index is -2.31. The number of hydrogen-bond donors (Lipinski definition) is 0. The summed E-state index contributed by atoms with van der Waals surface area (Å²) < 4.78 is 69.9. The Hall–Kier alpha value is -2.25. The molecule has 0 aromatic heterocycles. The van der Waals surface area contributed by atoms with Crippen molar-refractivity contribution in [3.8, 4) is 5.75 Å². The third-order valence-electron chi connectivity index (χ3n) is 2.77. The second kappa shape index (κ2) is 7.85. The fourth-order valence-electron chi connectivity index (χ4n) is 1.73. The van der Waals surface area contributed by atoms with Crippen molar-refractivity contribution in [1.29, 1.82) is 0 Å². The first-order chi connectivity index (χ1) is 10.8. The summed E-state index contributed by atoms with van der Waals surface area (Å²) in [6.07, 6.45) is 2.86. The number of carbonyl (C=O) groups is 1. The molecule has 0 amide bonds. The summed E-state index contributed by atoms with van der Waals surface area (Å²) in [6.45, 7) is 5.58. The summed E-state index contributed by atoms with van der Waals surface area (Å²) in [5.41, 5.74) is 0.473. The van der Waals surface area contributed by atoms with Crippen molar-refractivity contribution in [2.45, 2.75) is 27.2 Å². The van der Waals surface area contributed by atoms with Crippen LogP contribution in [0, 0.1) is 35.0 Å². The number of rotatable bonds is 2. The maximum Gasteiger partial charge on any atom is 0.318 e.